The summed E-state index contributed by atoms with van der Waals surface area (Å²) in [4.78, 5) is 3.73. The van der Waals surface area contributed by atoms with Gasteiger partial charge in [-0.15, -0.1) is 0 Å². The number of benzene rings is 2. The summed E-state index contributed by atoms with van der Waals surface area (Å²) in [6.45, 7) is -0.918. The number of rotatable bonds is 9. The minimum Gasteiger partial charge on any atom is -0.487 e. The Balaban J connectivity index is 1.84. The number of nitrogens with two attached hydrogens (primary N) is 2. The zero-order chi connectivity index (χ0) is 25.6. The highest BCUT2D eigenvalue weighted by atomic mass is 19.3. The Kier molecular flexibility index (Phi) is 7.83. The number of hydrazine groups is 1. The van der Waals surface area contributed by atoms with Crippen LogP contribution in [0.3, 0.4) is 0 Å². The standard InChI is InChI=1S/C23H19F5N6O/c24-16-3-5-18(21(26)8-16)19(11-34(31)33-13-30)23(27,28)22-6-4-17(10-32-22)35-12-15-2-1-14(9-29)7-20(15)25/h1-8,10,13,19H,11-12,31H2,(H2,30,33). The second kappa shape index (κ2) is 10.8. The molecule has 0 fully saturated rings. The zero-order valence-corrected chi connectivity index (χ0v) is 18.0. The number of alkyl halides is 2. The Morgan fingerprint density at radius 2 is 1.89 bits per heavy atom. The first-order chi connectivity index (χ1) is 16.6. The lowest BCUT2D eigenvalue weighted by Gasteiger charge is -2.29. The van der Waals surface area contributed by atoms with Crippen LogP contribution in [-0.2, 0) is 12.5 Å². The molecule has 4 N–H and O–H groups in total. The van der Waals surface area contributed by atoms with Crippen molar-refractivity contribution in [3.05, 3.63) is 94.6 Å². The fourth-order valence-electron chi connectivity index (χ4n) is 3.25. The smallest absolute Gasteiger partial charge is 0.298 e. The molecule has 182 valence electrons. The van der Waals surface area contributed by atoms with Crippen LogP contribution in [0.15, 0.2) is 59.8 Å². The fourth-order valence-corrected chi connectivity index (χ4v) is 3.25. The number of halogens is 5. The fraction of sp³-hybridized carbons (Fsp3) is 0.174. The van der Waals surface area contributed by atoms with Crippen molar-refractivity contribution < 1.29 is 26.7 Å². The second-order valence-corrected chi connectivity index (χ2v) is 7.31. The predicted molar refractivity (Wildman–Crippen MR) is 116 cm³/mol. The summed E-state index contributed by atoms with van der Waals surface area (Å²) in [5.74, 6) is -2.85. The summed E-state index contributed by atoms with van der Waals surface area (Å²) in [6.07, 6.45) is 1.78. The topological polar surface area (TPSA) is 114 Å². The van der Waals surface area contributed by atoms with E-state index in [1.807, 2.05) is 0 Å². The van der Waals surface area contributed by atoms with Crippen LogP contribution in [0.1, 0.15) is 28.3 Å². The largest absolute Gasteiger partial charge is 0.487 e. The van der Waals surface area contributed by atoms with Gasteiger partial charge in [-0.25, -0.2) is 24.1 Å². The molecule has 3 aromatic rings. The minimum absolute atomic E-state index is 0.0611. The highest BCUT2D eigenvalue weighted by Crippen LogP contribution is 2.43. The zero-order valence-electron chi connectivity index (χ0n) is 18.0. The Hall–Kier alpha value is -4.24. The average molecular weight is 490 g/mol. The lowest BCUT2D eigenvalue weighted by Crippen LogP contribution is -2.38. The van der Waals surface area contributed by atoms with Crippen molar-refractivity contribution in [1.29, 1.82) is 5.26 Å². The Labute approximate surface area is 197 Å². The third-order valence-corrected chi connectivity index (χ3v) is 5.01. The van der Waals surface area contributed by atoms with Gasteiger partial charge in [0.2, 0.25) is 0 Å². The van der Waals surface area contributed by atoms with Crippen molar-refractivity contribution in [2.75, 3.05) is 6.54 Å². The number of hydrazone groups is 1. The molecular weight excluding hydrogens is 471 g/mol. The molecule has 1 unspecified atom stereocenters. The van der Waals surface area contributed by atoms with Gasteiger partial charge in [0.1, 0.15) is 41.8 Å². The molecule has 0 aliphatic rings. The van der Waals surface area contributed by atoms with Crippen LogP contribution in [0.4, 0.5) is 22.0 Å². The molecule has 0 saturated carbocycles. The van der Waals surface area contributed by atoms with Crippen molar-refractivity contribution in [2.45, 2.75) is 18.4 Å². The van der Waals surface area contributed by atoms with Crippen molar-refractivity contribution in [1.82, 2.24) is 10.1 Å². The van der Waals surface area contributed by atoms with Gasteiger partial charge in [-0.2, -0.15) is 19.1 Å². The third kappa shape index (κ3) is 6.01. The number of nitrogens with zero attached hydrogens (tertiary/aromatic N) is 4. The molecule has 3 rings (SSSR count). The maximum atomic E-state index is 15.5. The summed E-state index contributed by atoms with van der Waals surface area (Å²) < 4.78 is 78.1. The molecule has 0 amide bonds. The summed E-state index contributed by atoms with van der Waals surface area (Å²) in [7, 11) is 0. The number of aromatic nitrogens is 1. The van der Waals surface area contributed by atoms with E-state index in [9.17, 15) is 13.2 Å². The molecule has 1 atom stereocenters. The van der Waals surface area contributed by atoms with Gasteiger partial charge in [0.25, 0.3) is 5.92 Å². The van der Waals surface area contributed by atoms with E-state index >= 15 is 8.78 Å². The van der Waals surface area contributed by atoms with Gasteiger partial charge in [-0.1, -0.05) is 12.1 Å². The molecule has 0 radical (unpaired) electrons. The molecule has 0 saturated heterocycles. The summed E-state index contributed by atoms with van der Waals surface area (Å²) >= 11 is 0. The summed E-state index contributed by atoms with van der Waals surface area (Å²) in [5.41, 5.74) is 4.18. The van der Waals surface area contributed by atoms with Crippen LogP contribution >= 0.6 is 0 Å². The van der Waals surface area contributed by atoms with Gasteiger partial charge in [-0.3, -0.25) is 4.98 Å². The van der Waals surface area contributed by atoms with Crippen LogP contribution in [0.2, 0.25) is 0 Å². The van der Waals surface area contributed by atoms with E-state index in [4.69, 9.17) is 21.6 Å². The molecular formula is C23H19F5N6O. The van der Waals surface area contributed by atoms with E-state index in [-0.39, 0.29) is 23.5 Å². The monoisotopic (exact) mass is 490 g/mol. The molecule has 0 spiro atoms. The van der Waals surface area contributed by atoms with E-state index in [1.165, 1.54) is 18.2 Å². The van der Waals surface area contributed by atoms with Crippen molar-refractivity contribution in [2.24, 2.45) is 16.7 Å². The van der Waals surface area contributed by atoms with E-state index in [2.05, 4.69) is 10.1 Å². The van der Waals surface area contributed by atoms with Gasteiger partial charge in [-0.05, 0) is 35.9 Å². The number of nitriles is 1. The molecule has 35 heavy (non-hydrogen) atoms. The predicted octanol–water partition coefficient (Wildman–Crippen LogP) is 3.90. The molecule has 12 heteroatoms. The summed E-state index contributed by atoms with van der Waals surface area (Å²) in [6, 6.07) is 10.0. The highest BCUT2D eigenvalue weighted by molar-refractivity contribution is 5.50. The third-order valence-electron chi connectivity index (χ3n) is 5.01. The average Bonchev–Trinajstić information content (AvgIpc) is 2.82. The highest BCUT2D eigenvalue weighted by Gasteiger charge is 2.45. The van der Waals surface area contributed by atoms with Crippen molar-refractivity contribution in [3.63, 3.8) is 0 Å². The van der Waals surface area contributed by atoms with Crippen molar-refractivity contribution in [3.8, 4) is 11.8 Å². The molecule has 7 nitrogen and oxygen atoms in total. The maximum Gasteiger partial charge on any atom is 0.298 e. The van der Waals surface area contributed by atoms with Crippen LogP contribution in [0, 0.1) is 28.8 Å². The quantitative estimate of drug-likeness (QED) is 0.155. The Bertz CT molecular complexity index is 1250. The number of ether oxygens (including phenoxy) is 1. The summed E-state index contributed by atoms with van der Waals surface area (Å²) in [5, 5.41) is 12.9. The second-order valence-electron chi connectivity index (χ2n) is 7.31. The van der Waals surface area contributed by atoms with Gasteiger partial charge in [0, 0.05) is 11.6 Å². The lowest BCUT2D eigenvalue weighted by atomic mass is 9.89. The van der Waals surface area contributed by atoms with E-state index in [0.29, 0.717) is 11.2 Å². The van der Waals surface area contributed by atoms with Crippen LogP contribution in [0.5, 0.6) is 5.75 Å². The Morgan fingerprint density at radius 3 is 2.49 bits per heavy atom. The Morgan fingerprint density at radius 1 is 1.11 bits per heavy atom. The molecule has 1 aromatic heterocycles. The van der Waals surface area contributed by atoms with Crippen LogP contribution in [0.25, 0.3) is 0 Å². The minimum atomic E-state index is -3.78. The molecule has 2 aromatic carbocycles. The van der Waals surface area contributed by atoms with Gasteiger partial charge < -0.3 is 10.5 Å². The number of hydrogen-bond donors (Lipinski definition) is 2. The van der Waals surface area contributed by atoms with E-state index in [0.717, 1.165) is 36.8 Å². The van der Waals surface area contributed by atoms with Gasteiger partial charge in [0.15, 0.2) is 0 Å². The lowest BCUT2D eigenvalue weighted by molar-refractivity contribution is -0.0489. The first-order valence-electron chi connectivity index (χ1n) is 10.0. The van der Waals surface area contributed by atoms with Crippen LogP contribution < -0.4 is 16.3 Å². The van der Waals surface area contributed by atoms with Crippen LogP contribution in [-0.4, -0.2) is 23.0 Å². The molecule has 1 heterocycles. The molecule has 0 bridgehead atoms. The molecule has 0 aliphatic heterocycles. The number of hydrogen-bond acceptors (Lipinski definition) is 6. The maximum absolute atomic E-state index is 15.5. The van der Waals surface area contributed by atoms with Gasteiger partial charge >= 0.3 is 0 Å². The normalized spacial score (nSPS) is 12.4. The SMILES string of the molecule is N#Cc1ccc(COc2ccc(C(F)(F)C(CN(N)/N=C\N)c3ccc(F)cc3F)nc2)c(F)c1. The first-order valence-corrected chi connectivity index (χ1v) is 10.0. The number of pyridine rings is 1. The van der Waals surface area contributed by atoms with Gasteiger partial charge in [0.05, 0.1) is 30.3 Å². The first kappa shape index (κ1) is 25.4. The van der Waals surface area contributed by atoms with E-state index < -0.39 is 47.1 Å². The molecule has 0 aliphatic carbocycles. The van der Waals surface area contributed by atoms with E-state index in [1.54, 1.807) is 6.07 Å². The van der Waals surface area contributed by atoms with Crippen molar-refractivity contribution >= 4 is 6.34 Å².